The number of carbonyl (C=O) groups is 2. The molecule has 0 fully saturated rings. The van der Waals surface area contributed by atoms with Crippen LogP contribution in [0.2, 0.25) is 0 Å². The molecule has 0 bridgehead atoms. The number of hydrogen-bond donors (Lipinski definition) is 1. The molecule has 0 spiro atoms. The summed E-state index contributed by atoms with van der Waals surface area (Å²) in [5, 5.41) is 8.52. The van der Waals surface area contributed by atoms with Gasteiger partial charge in [-0.3, -0.25) is 9.59 Å². The van der Waals surface area contributed by atoms with Crippen molar-refractivity contribution in [3.63, 3.8) is 0 Å². The summed E-state index contributed by atoms with van der Waals surface area (Å²) >= 11 is 0.421. The van der Waals surface area contributed by atoms with E-state index in [1.165, 1.54) is 29.2 Å². The van der Waals surface area contributed by atoms with E-state index >= 15 is 0 Å². The highest BCUT2D eigenvalue weighted by Gasteiger charge is 2.12. The van der Waals surface area contributed by atoms with Crippen LogP contribution in [-0.2, 0) is 4.79 Å². The summed E-state index contributed by atoms with van der Waals surface area (Å²) in [7, 11) is 1.58. The summed E-state index contributed by atoms with van der Waals surface area (Å²) in [4.78, 5) is 24.2. The average molecular weight is 303 g/mol. The number of carboxylic acid groups (broad SMARTS) is 1. The quantitative estimate of drug-likeness (QED) is 0.787. The van der Waals surface area contributed by atoms with Gasteiger partial charge in [0.2, 0.25) is 0 Å². The molecule has 0 aliphatic heterocycles. The van der Waals surface area contributed by atoms with Gasteiger partial charge >= 0.3 is 5.97 Å². The van der Waals surface area contributed by atoms with Crippen molar-refractivity contribution in [2.75, 3.05) is 13.6 Å². The molecule has 0 heterocycles. The van der Waals surface area contributed by atoms with E-state index in [0.29, 0.717) is 35.2 Å². The second-order valence-electron chi connectivity index (χ2n) is 4.13. The van der Waals surface area contributed by atoms with E-state index < -0.39 is 11.7 Å². The number of alkyl halides is 2. The predicted octanol–water partition coefficient (Wildman–Crippen LogP) is 2.94. The molecule has 20 heavy (non-hydrogen) atoms. The van der Waals surface area contributed by atoms with Gasteiger partial charge in [-0.05, 0) is 30.7 Å². The summed E-state index contributed by atoms with van der Waals surface area (Å²) in [5.41, 5.74) is 0.390. The van der Waals surface area contributed by atoms with E-state index in [9.17, 15) is 18.4 Å². The number of amides is 1. The van der Waals surface area contributed by atoms with Gasteiger partial charge in [-0.2, -0.15) is 8.78 Å². The van der Waals surface area contributed by atoms with Crippen molar-refractivity contribution in [2.45, 2.75) is 23.5 Å². The molecule has 1 amide bonds. The van der Waals surface area contributed by atoms with Crippen molar-refractivity contribution in [3.8, 4) is 0 Å². The van der Waals surface area contributed by atoms with E-state index in [-0.39, 0.29) is 12.3 Å². The smallest absolute Gasteiger partial charge is 0.303 e. The van der Waals surface area contributed by atoms with Crippen molar-refractivity contribution in [1.29, 1.82) is 0 Å². The van der Waals surface area contributed by atoms with Crippen molar-refractivity contribution in [1.82, 2.24) is 4.90 Å². The fourth-order valence-corrected chi connectivity index (χ4v) is 2.07. The Morgan fingerprint density at radius 1 is 1.30 bits per heavy atom. The normalized spacial score (nSPS) is 10.6. The topological polar surface area (TPSA) is 57.6 Å². The van der Waals surface area contributed by atoms with E-state index in [1.807, 2.05) is 0 Å². The maximum atomic E-state index is 12.2. The Morgan fingerprint density at radius 2 is 1.90 bits per heavy atom. The number of carbonyl (C=O) groups excluding carboxylic acids is 1. The Hall–Kier alpha value is -1.63. The van der Waals surface area contributed by atoms with E-state index in [2.05, 4.69) is 0 Å². The van der Waals surface area contributed by atoms with E-state index in [0.717, 1.165) is 0 Å². The maximum absolute atomic E-state index is 12.2. The molecule has 0 aliphatic rings. The van der Waals surface area contributed by atoms with Crippen LogP contribution < -0.4 is 0 Å². The highest BCUT2D eigenvalue weighted by atomic mass is 32.2. The van der Waals surface area contributed by atoms with E-state index in [4.69, 9.17) is 5.11 Å². The number of benzene rings is 1. The molecule has 0 aromatic heterocycles. The first-order valence-electron chi connectivity index (χ1n) is 5.92. The molecule has 0 radical (unpaired) electrons. The molecule has 1 aromatic rings. The Morgan fingerprint density at radius 3 is 2.40 bits per heavy atom. The van der Waals surface area contributed by atoms with Crippen LogP contribution in [0.1, 0.15) is 23.2 Å². The van der Waals surface area contributed by atoms with Crippen LogP contribution in [-0.4, -0.2) is 41.2 Å². The lowest BCUT2D eigenvalue weighted by atomic mass is 10.2. The average Bonchev–Trinajstić information content (AvgIpc) is 2.37. The van der Waals surface area contributed by atoms with Crippen LogP contribution in [0.4, 0.5) is 8.78 Å². The van der Waals surface area contributed by atoms with Crippen molar-refractivity contribution < 1.29 is 23.5 Å². The number of carboxylic acids is 1. The van der Waals surface area contributed by atoms with Crippen LogP contribution in [0.5, 0.6) is 0 Å². The van der Waals surface area contributed by atoms with E-state index in [1.54, 1.807) is 7.05 Å². The monoisotopic (exact) mass is 303 g/mol. The fraction of sp³-hybridized carbons (Fsp3) is 0.385. The summed E-state index contributed by atoms with van der Waals surface area (Å²) in [6.07, 6.45) is 0.373. The number of nitrogens with zero attached hydrogens (tertiary/aromatic N) is 1. The number of hydrogen-bond acceptors (Lipinski definition) is 3. The maximum Gasteiger partial charge on any atom is 0.303 e. The van der Waals surface area contributed by atoms with Gasteiger partial charge in [0.15, 0.2) is 0 Å². The summed E-state index contributed by atoms with van der Waals surface area (Å²) in [5.74, 6) is -3.65. The predicted molar refractivity (Wildman–Crippen MR) is 72.1 cm³/mol. The highest BCUT2D eigenvalue weighted by molar-refractivity contribution is 7.99. The number of rotatable bonds is 7. The third kappa shape index (κ3) is 5.56. The molecule has 1 rings (SSSR count). The molecule has 0 atom stereocenters. The summed E-state index contributed by atoms with van der Waals surface area (Å²) in [6.45, 7) is 0.332. The second kappa shape index (κ2) is 7.84. The minimum Gasteiger partial charge on any atom is -0.481 e. The molecule has 0 saturated heterocycles. The summed E-state index contributed by atoms with van der Waals surface area (Å²) < 4.78 is 24.3. The number of halogens is 2. The lowest BCUT2D eigenvalue weighted by molar-refractivity contribution is -0.137. The first-order chi connectivity index (χ1) is 9.40. The van der Waals surface area contributed by atoms with Gasteiger partial charge in [-0.1, -0.05) is 11.8 Å². The van der Waals surface area contributed by atoms with Crippen molar-refractivity contribution >= 4 is 23.6 Å². The van der Waals surface area contributed by atoms with Gasteiger partial charge < -0.3 is 10.0 Å². The largest absolute Gasteiger partial charge is 0.481 e. The number of thioether (sulfide) groups is 1. The Labute approximate surface area is 119 Å². The van der Waals surface area contributed by atoms with Crippen molar-refractivity contribution in [3.05, 3.63) is 29.8 Å². The molecular weight excluding hydrogens is 288 g/mol. The zero-order valence-corrected chi connectivity index (χ0v) is 11.7. The Kier molecular flexibility index (Phi) is 6.44. The Bertz CT molecular complexity index is 465. The van der Waals surface area contributed by atoms with Crippen molar-refractivity contribution in [2.24, 2.45) is 0 Å². The van der Waals surface area contributed by atoms with Gasteiger partial charge in [-0.25, -0.2) is 0 Å². The zero-order chi connectivity index (χ0) is 15.1. The summed E-state index contributed by atoms with van der Waals surface area (Å²) in [6, 6.07) is 5.91. The molecule has 1 N–H and O–H groups in total. The van der Waals surface area contributed by atoms with Gasteiger partial charge in [0, 0.05) is 30.5 Å². The molecule has 0 saturated carbocycles. The SMILES string of the molecule is CN(CCCC(=O)O)C(=O)c1ccc(SC(F)F)cc1. The third-order valence-electron chi connectivity index (χ3n) is 2.56. The first-order valence-corrected chi connectivity index (χ1v) is 6.80. The lowest BCUT2D eigenvalue weighted by Gasteiger charge is -2.16. The van der Waals surface area contributed by atoms with Crippen LogP contribution in [0.3, 0.4) is 0 Å². The van der Waals surface area contributed by atoms with Crippen LogP contribution in [0.25, 0.3) is 0 Å². The third-order valence-corrected chi connectivity index (χ3v) is 3.28. The molecule has 0 unspecified atom stereocenters. The Balaban J connectivity index is 2.56. The molecule has 4 nitrogen and oxygen atoms in total. The molecule has 1 aromatic carbocycles. The van der Waals surface area contributed by atoms with Gasteiger partial charge in [0.25, 0.3) is 11.7 Å². The standard InChI is InChI=1S/C13H15F2NO3S/c1-16(8-2-3-11(17)18)12(19)9-4-6-10(7-5-9)20-13(14)15/h4-7,13H,2-3,8H2,1H3,(H,17,18). The second-order valence-corrected chi connectivity index (χ2v) is 5.19. The van der Waals surface area contributed by atoms with Gasteiger partial charge in [0.1, 0.15) is 0 Å². The van der Waals surface area contributed by atoms with Crippen LogP contribution in [0.15, 0.2) is 29.2 Å². The molecule has 7 heteroatoms. The van der Waals surface area contributed by atoms with Crippen LogP contribution >= 0.6 is 11.8 Å². The minimum absolute atomic E-state index is 0.00157. The first kappa shape index (κ1) is 16.4. The van der Waals surface area contributed by atoms with Crippen LogP contribution in [0, 0.1) is 0 Å². The van der Waals surface area contributed by atoms with Gasteiger partial charge in [0.05, 0.1) is 0 Å². The molecular formula is C13H15F2NO3S. The number of aliphatic carboxylic acids is 1. The molecule has 110 valence electrons. The highest BCUT2D eigenvalue weighted by Crippen LogP contribution is 2.25. The molecule has 0 aliphatic carbocycles. The fourth-order valence-electron chi connectivity index (χ4n) is 1.57. The minimum atomic E-state index is -2.49. The van der Waals surface area contributed by atoms with Gasteiger partial charge in [-0.15, -0.1) is 0 Å². The zero-order valence-electron chi connectivity index (χ0n) is 10.9. The lowest BCUT2D eigenvalue weighted by Crippen LogP contribution is -2.28.